The number of rotatable bonds is 4. The molecule has 14 heavy (non-hydrogen) atoms. The number of carbonyl (C=O) groups excluding carboxylic acids is 1. The highest BCUT2D eigenvalue weighted by atomic mass is 31.1. The maximum absolute atomic E-state index is 10.7. The van der Waals surface area contributed by atoms with Gasteiger partial charge in [-0.1, -0.05) is 20.4 Å². The van der Waals surface area contributed by atoms with Crippen molar-refractivity contribution < 1.29 is 19.1 Å². The predicted molar refractivity (Wildman–Crippen MR) is 56.1 cm³/mol. The third kappa shape index (κ3) is 13.9. The molecule has 0 aromatic rings. The van der Waals surface area contributed by atoms with Gasteiger partial charge in [0.15, 0.2) is 0 Å². The van der Waals surface area contributed by atoms with Crippen LogP contribution in [0.1, 0.15) is 26.7 Å². The second-order valence-electron chi connectivity index (χ2n) is 2.51. The summed E-state index contributed by atoms with van der Waals surface area (Å²) in [4.78, 5) is 25.0. The SMILES string of the molecule is C=CC(=O)NC(CC)CC.O=[PH](O)O. The third-order valence-electron chi connectivity index (χ3n) is 1.52. The second-order valence-corrected chi connectivity index (χ2v) is 3.07. The van der Waals surface area contributed by atoms with Gasteiger partial charge in [0.1, 0.15) is 0 Å². The molecule has 0 heterocycles. The zero-order valence-electron chi connectivity index (χ0n) is 8.49. The first-order valence-corrected chi connectivity index (χ1v) is 5.62. The summed E-state index contributed by atoms with van der Waals surface area (Å²) in [6, 6.07) is 0.311. The van der Waals surface area contributed by atoms with Gasteiger partial charge in [-0.25, -0.2) is 0 Å². The molecule has 0 rings (SSSR count). The Morgan fingerprint density at radius 2 is 1.86 bits per heavy atom. The van der Waals surface area contributed by atoms with Gasteiger partial charge in [-0.15, -0.1) is 0 Å². The molecule has 0 bridgehead atoms. The number of carbonyl (C=O) groups is 1. The standard InChI is InChI=1S/C8H15NO.H3O3P/c1-4-7(5-2)9-8(10)6-3;1-4(2)3/h6-7H,3-5H2,1-2H3,(H,9,10);4H,(H2,1,2,3). The molecule has 0 fully saturated rings. The molecule has 0 aliphatic heterocycles. The lowest BCUT2D eigenvalue weighted by Gasteiger charge is -2.12. The quantitative estimate of drug-likeness (QED) is 0.487. The zero-order chi connectivity index (χ0) is 11.6. The van der Waals surface area contributed by atoms with Crippen molar-refractivity contribution in [1.29, 1.82) is 0 Å². The van der Waals surface area contributed by atoms with Crippen molar-refractivity contribution in [3.63, 3.8) is 0 Å². The van der Waals surface area contributed by atoms with Gasteiger partial charge in [0, 0.05) is 6.04 Å². The minimum absolute atomic E-state index is 0.0753. The van der Waals surface area contributed by atoms with E-state index in [1.807, 2.05) is 0 Å². The molecule has 6 heteroatoms. The van der Waals surface area contributed by atoms with Gasteiger partial charge in [-0.05, 0) is 18.9 Å². The lowest BCUT2D eigenvalue weighted by atomic mass is 10.2. The van der Waals surface area contributed by atoms with Crippen molar-refractivity contribution in [2.24, 2.45) is 0 Å². The van der Waals surface area contributed by atoms with Crippen molar-refractivity contribution in [2.45, 2.75) is 32.7 Å². The molecule has 0 aliphatic carbocycles. The van der Waals surface area contributed by atoms with Gasteiger partial charge in [-0.2, -0.15) is 0 Å². The Morgan fingerprint density at radius 1 is 1.50 bits per heavy atom. The zero-order valence-corrected chi connectivity index (χ0v) is 9.49. The number of amides is 1. The van der Waals surface area contributed by atoms with E-state index in [9.17, 15) is 4.79 Å². The average Bonchev–Trinajstić information content (AvgIpc) is 2.12. The minimum atomic E-state index is -3.13. The van der Waals surface area contributed by atoms with E-state index in [0.29, 0.717) is 6.04 Å². The number of nitrogens with one attached hydrogen (secondary N) is 1. The van der Waals surface area contributed by atoms with Crippen molar-refractivity contribution in [3.8, 4) is 0 Å². The van der Waals surface area contributed by atoms with Crippen LogP contribution < -0.4 is 5.32 Å². The van der Waals surface area contributed by atoms with E-state index in [1.165, 1.54) is 6.08 Å². The van der Waals surface area contributed by atoms with Gasteiger partial charge in [-0.3, -0.25) is 9.36 Å². The molecular formula is C8H18NO4P. The van der Waals surface area contributed by atoms with Gasteiger partial charge in [0.25, 0.3) is 0 Å². The van der Waals surface area contributed by atoms with Gasteiger partial charge < -0.3 is 15.1 Å². The van der Waals surface area contributed by atoms with Crippen molar-refractivity contribution in [2.75, 3.05) is 0 Å². The highest BCUT2D eigenvalue weighted by Gasteiger charge is 2.03. The molecular weight excluding hydrogens is 205 g/mol. The summed E-state index contributed by atoms with van der Waals surface area (Å²) in [5.74, 6) is -0.0753. The van der Waals surface area contributed by atoms with E-state index in [1.54, 1.807) is 0 Å². The summed E-state index contributed by atoms with van der Waals surface area (Å²) < 4.78 is 8.74. The van der Waals surface area contributed by atoms with E-state index in [2.05, 4.69) is 25.7 Å². The fourth-order valence-electron chi connectivity index (χ4n) is 0.753. The molecule has 0 aromatic carbocycles. The molecule has 5 nitrogen and oxygen atoms in total. The van der Waals surface area contributed by atoms with Crippen LogP contribution >= 0.6 is 8.25 Å². The van der Waals surface area contributed by atoms with Crippen molar-refractivity contribution in [1.82, 2.24) is 5.32 Å². The van der Waals surface area contributed by atoms with E-state index < -0.39 is 8.25 Å². The summed E-state index contributed by atoms with van der Waals surface area (Å²) in [6.45, 7) is 7.48. The van der Waals surface area contributed by atoms with Gasteiger partial charge in [0.2, 0.25) is 5.91 Å². The third-order valence-corrected chi connectivity index (χ3v) is 1.52. The summed E-state index contributed by atoms with van der Waals surface area (Å²) in [5, 5.41) is 2.81. The molecule has 0 radical (unpaired) electrons. The molecule has 0 saturated carbocycles. The van der Waals surface area contributed by atoms with E-state index in [-0.39, 0.29) is 5.91 Å². The van der Waals surface area contributed by atoms with Crippen LogP contribution in [0.5, 0.6) is 0 Å². The van der Waals surface area contributed by atoms with Crippen LogP contribution in [0, 0.1) is 0 Å². The van der Waals surface area contributed by atoms with Gasteiger partial charge in [0.05, 0.1) is 0 Å². The molecule has 0 unspecified atom stereocenters. The van der Waals surface area contributed by atoms with Crippen LogP contribution in [0.4, 0.5) is 0 Å². The second kappa shape index (κ2) is 10.4. The number of hydrogen-bond donors (Lipinski definition) is 3. The van der Waals surface area contributed by atoms with Crippen LogP contribution in [0.3, 0.4) is 0 Å². The first kappa shape index (κ1) is 15.8. The van der Waals surface area contributed by atoms with E-state index in [4.69, 9.17) is 14.4 Å². The van der Waals surface area contributed by atoms with Crippen molar-refractivity contribution in [3.05, 3.63) is 12.7 Å². The van der Waals surface area contributed by atoms with Crippen molar-refractivity contribution >= 4 is 14.2 Å². The number of hydrogen-bond acceptors (Lipinski definition) is 2. The Bertz CT molecular complexity index is 188. The molecule has 84 valence electrons. The maximum Gasteiger partial charge on any atom is 0.314 e. The van der Waals surface area contributed by atoms with Crippen LogP contribution in [-0.4, -0.2) is 21.7 Å². The maximum atomic E-state index is 10.7. The summed E-state index contributed by atoms with van der Waals surface area (Å²) in [7, 11) is -3.13. The Morgan fingerprint density at radius 3 is 2.07 bits per heavy atom. The molecule has 0 saturated heterocycles. The monoisotopic (exact) mass is 223 g/mol. The fraction of sp³-hybridized carbons (Fsp3) is 0.625. The first-order chi connectivity index (χ1) is 6.47. The lowest BCUT2D eigenvalue weighted by molar-refractivity contribution is -0.117. The minimum Gasteiger partial charge on any atom is -0.350 e. The summed E-state index contributed by atoms with van der Waals surface area (Å²) in [6.07, 6.45) is 3.27. The Kier molecular flexibility index (Phi) is 11.8. The topological polar surface area (TPSA) is 86.6 Å². The Balaban J connectivity index is 0. The average molecular weight is 223 g/mol. The summed E-state index contributed by atoms with van der Waals surface area (Å²) in [5.41, 5.74) is 0. The normalized spacial score (nSPS) is 9.29. The van der Waals surface area contributed by atoms with Crippen LogP contribution in [-0.2, 0) is 9.36 Å². The van der Waals surface area contributed by atoms with Gasteiger partial charge >= 0.3 is 8.25 Å². The Hall–Kier alpha value is -0.640. The molecule has 0 aromatic heterocycles. The lowest BCUT2D eigenvalue weighted by Crippen LogP contribution is -2.32. The highest BCUT2D eigenvalue weighted by Crippen LogP contribution is 1.98. The van der Waals surface area contributed by atoms with Crippen LogP contribution in [0.15, 0.2) is 12.7 Å². The summed E-state index contributed by atoms with van der Waals surface area (Å²) >= 11 is 0. The molecule has 0 spiro atoms. The molecule has 0 atom stereocenters. The molecule has 1 amide bonds. The smallest absolute Gasteiger partial charge is 0.314 e. The molecule has 3 N–H and O–H groups in total. The fourth-order valence-corrected chi connectivity index (χ4v) is 0.753. The van der Waals surface area contributed by atoms with E-state index in [0.717, 1.165) is 12.8 Å². The Labute approximate surface area is 84.8 Å². The first-order valence-electron chi connectivity index (χ1n) is 4.32. The van der Waals surface area contributed by atoms with Crippen LogP contribution in [0.2, 0.25) is 0 Å². The van der Waals surface area contributed by atoms with Crippen LogP contribution in [0.25, 0.3) is 0 Å². The predicted octanol–water partition coefficient (Wildman–Crippen LogP) is 0.838. The largest absolute Gasteiger partial charge is 0.350 e. The highest BCUT2D eigenvalue weighted by molar-refractivity contribution is 7.30. The van der Waals surface area contributed by atoms with E-state index >= 15 is 0 Å². The molecule has 0 aliphatic rings.